The van der Waals surface area contributed by atoms with E-state index in [4.69, 9.17) is 5.73 Å². The predicted molar refractivity (Wildman–Crippen MR) is 119 cm³/mol. The lowest BCUT2D eigenvalue weighted by Crippen LogP contribution is -2.31. The maximum atomic E-state index is 12.2. The molecule has 0 saturated carbocycles. The molecule has 1 aliphatic heterocycles. The average Bonchev–Trinajstić information content (AvgIpc) is 2.65. The first-order valence-electron chi connectivity index (χ1n) is 9.11. The van der Waals surface area contributed by atoms with Crippen LogP contribution in [0.2, 0.25) is 0 Å². The molecule has 0 aromatic heterocycles. The van der Waals surface area contributed by atoms with Gasteiger partial charge in [0.25, 0.3) is 0 Å². The van der Waals surface area contributed by atoms with Gasteiger partial charge in [-0.25, -0.2) is 0 Å². The Bertz CT molecular complexity index is 812. The molecular weight excluding hydrogens is 496 g/mol. The molecule has 0 amide bonds. The van der Waals surface area contributed by atoms with Crippen molar-refractivity contribution in [2.75, 3.05) is 25.0 Å². The van der Waals surface area contributed by atoms with Crippen LogP contribution in [0.25, 0.3) is 0 Å². The molecule has 3 N–H and O–H groups in total. The number of rotatable bonds is 6. The molecule has 5 nitrogen and oxygen atoms in total. The number of nitrogens with two attached hydrogens (primary N) is 1. The normalized spacial score (nSPS) is 14.7. The third-order valence-electron chi connectivity index (χ3n) is 4.48. The zero-order valence-corrected chi connectivity index (χ0v) is 18.1. The first-order valence-corrected chi connectivity index (χ1v) is 9.11. The van der Waals surface area contributed by atoms with Crippen molar-refractivity contribution in [2.24, 2.45) is 10.7 Å². The van der Waals surface area contributed by atoms with Crippen molar-refractivity contribution < 1.29 is 17.9 Å². The highest BCUT2D eigenvalue weighted by molar-refractivity contribution is 14.0. The molecule has 2 aromatic carbocycles. The summed E-state index contributed by atoms with van der Waals surface area (Å²) < 4.78 is 40.3. The van der Waals surface area contributed by atoms with Gasteiger partial charge in [0.2, 0.25) is 0 Å². The van der Waals surface area contributed by atoms with Crippen molar-refractivity contribution in [1.29, 1.82) is 0 Å². The second kappa shape index (κ2) is 10.7. The highest BCUT2D eigenvalue weighted by Gasteiger charge is 2.30. The topological polar surface area (TPSA) is 62.9 Å². The number of benzene rings is 2. The minimum Gasteiger partial charge on any atom is -0.406 e. The second-order valence-electron chi connectivity index (χ2n) is 6.61. The molecule has 29 heavy (non-hydrogen) atoms. The fourth-order valence-corrected chi connectivity index (χ4v) is 3.17. The number of hydrogen-bond acceptors (Lipinski definition) is 3. The van der Waals surface area contributed by atoms with Crippen LogP contribution in [0, 0.1) is 0 Å². The van der Waals surface area contributed by atoms with Gasteiger partial charge >= 0.3 is 6.36 Å². The van der Waals surface area contributed by atoms with Gasteiger partial charge in [0.15, 0.2) is 5.96 Å². The molecule has 0 atom stereocenters. The molecule has 0 spiro atoms. The van der Waals surface area contributed by atoms with E-state index in [2.05, 4.69) is 44.2 Å². The minimum atomic E-state index is -4.70. The Balaban J connectivity index is 0.00000300. The van der Waals surface area contributed by atoms with E-state index in [0.29, 0.717) is 12.2 Å². The maximum Gasteiger partial charge on any atom is 0.573 e. The minimum absolute atomic E-state index is 0. The van der Waals surface area contributed by atoms with Gasteiger partial charge in [-0.2, -0.15) is 0 Å². The summed E-state index contributed by atoms with van der Waals surface area (Å²) >= 11 is 0. The zero-order chi connectivity index (χ0) is 20.0. The Morgan fingerprint density at radius 2 is 1.79 bits per heavy atom. The van der Waals surface area contributed by atoms with Crippen molar-refractivity contribution in [3.8, 4) is 5.75 Å². The van der Waals surface area contributed by atoms with Crippen LogP contribution in [-0.4, -0.2) is 36.9 Å². The van der Waals surface area contributed by atoms with Crippen LogP contribution in [0.3, 0.4) is 0 Å². The molecular formula is C20H24F3IN4O. The average molecular weight is 520 g/mol. The molecule has 0 aliphatic carbocycles. The van der Waals surface area contributed by atoms with Gasteiger partial charge in [-0.3, -0.25) is 9.89 Å². The van der Waals surface area contributed by atoms with E-state index >= 15 is 0 Å². The molecule has 0 saturated heterocycles. The third-order valence-corrected chi connectivity index (χ3v) is 4.48. The van der Waals surface area contributed by atoms with E-state index in [1.807, 2.05) is 0 Å². The highest BCUT2D eigenvalue weighted by atomic mass is 127. The number of nitrogens with zero attached hydrogens (tertiary/aromatic N) is 2. The monoisotopic (exact) mass is 520 g/mol. The molecule has 1 aliphatic rings. The van der Waals surface area contributed by atoms with Crippen LogP contribution in [-0.2, 0) is 13.0 Å². The van der Waals surface area contributed by atoms with Crippen LogP contribution in [0.1, 0.15) is 17.5 Å². The lowest BCUT2D eigenvalue weighted by Gasteiger charge is -2.28. The number of fused-ring (bicyclic) bond motifs is 1. The standard InChI is InChI=1S/C20H23F3N4O.HI/c21-20(22,23)28-18-8-6-17(7-9-18)26-19(24)25-11-3-12-27-13-10-15-4-1-2-5-16(15)14-27;/h1-2,4-9H,3,10-14H2,(H3,24,25,26);1H. The predicted octanol–water partition coefficient (Wildman–Crippen LogP) is 4.38. The lowest BCUT2D eigenvalue weighted by atomic mass is 10.00. The molecule has 2 aromatic rings. The maximum absolute atomic E-state index is 12.2. The van der Waals surface area contributed by atoms with E-state index in [9.17, 15) is 13.2 Å². The van der Waals surface area contributed by atoms with Crippen molar-refractivity contribution in [2.45, 2.75) is 25.7 Å². The van der Waals surface area contributed by atoms with E-state index in [-0.39, 0.29) is 35.7 Å². The number of hydrogen-bond donors (Lipinski definition) is 2. The van der Waals surface area contributed by atoms with Crippen molar-refractivity contribution in [3.05, 3.63) is 59.7 Å². The van der Waals surface area contributed by atoms with Gasteiger partial charge in [-0.15, -0.1) is 37.1 Å². The van der Waals surface area contributed by atoms with Crippen LogP contribution < -0.4 is 15.8 Å². The summed E-state index contributed by atoms with van der Waals surface area (Å²) in [5, 5.41) is 2.86. The number of guanidine groups is 1. The van der Waals surface area contributed by atoms with E-state index < -0.39 is 6.36 Å². The molecule has 0 bridgehead atoms. The third kappa shape index (κ3) is 7.73. The molecule has 0 fully saturated rings. The Labute approximate surface area is 185 Å². The summed E-state index contributed by atoms with van der Waals surface area (Å²) in [5.41, 5.74) is 9.20. The first-order chi connectivity index (χ1) is 13.4. The highest BCUT2D eigenvalue weighted by Crippen LogP contribution is 2.24. The van der Waals surface area contributed by atoms with Crippen LogP contribution in [0.4, 0.5) is 18.9 Å². The fraction of sp³-hybridized carbons (Fsp3) is 0.350. The molecule has 0 radical (unpaired) electrons. The first kappa shape index (κ1) is 23.3. The Morgan fingerprint density at radius 3 is 2.48 bits per heavy atom. The number of nitrogens with one attached hydrogen (secondary N) is 1. The summed E-state index contributed by atoms with van der Waals surface area (Å²) in [6.45, 7) is 3.52. The SMILES string of the molecule is I.NC(=NCCCN1CCc2ccccc2C1)Nc1ccc(OC(F)(F)F)cc1. The van der Waals surface area contributed by atoms with Crippen molar-refractivity contribution in [1.82, 2.24) is 4.90 Å². The van der Waals surface area contributed by atoms with Gasteiger partial charge in [-0.1, -0.05) is 24.3 Å². The number of ether oxygens (including phenoxy) is 1. The van der Waals surface area contributed by atoms with Gasteiger partial charge in [0.1, 0.15) is 5.75 Å². The van der Waals surface area contributed by atoms with E-state index in [1.165, 1.54) is 35.4 Å². The second-order valence-corrected chi connectivity index (χ2v) is 6.61. The summed E-state index contributed by atoms with van der Waals surface area (Å²) in [7, 11) is 0. The van der Waals surface area contributed by atoms with E-state index in [1.54, 1.807) is 0 Å². The molecule has 1 heterocycles. The Morgan fingerprint density at radius 1 is 1.10 bits per heavy atom. The van der Waals surface area contributed by atoms with Gasteiger partial charge in [-0.05, 0) is 48.2 Å². The number of aliphatic imine (C=N–C) groups is 1. The van der Waals surface area contributed by atoms with Crippen LogP contribution in [0.5, 0.6) is 5.75 Å². The number of halogens is 4. The number of alkyl halides is 3. The van der Waals surface area contributed by atoms with Gasteiger partial charge < -0.3 is 15.8 Å². The summed E-state index contributed by atoms with van der Waals surface area (Å²) in [4.78, 5) is 6.68. The smallest absolute Gasteiger partial charge is 0.406 e. The Kier molecular flexibility index (Phi) is 8.57. The zero-order valence-electron chi connectivity index (χ0n) is 15.8. The summed E-state index contributed by atoms with van der Waals surface area (Å²) in [6, 6.07) is 13.9. The molecule has 158 valence electrons. The lowest BCUT2D eigenvalue weighted by molar-refractivity contribution is -0.274. The molecule has 9 heteroatoms. The van der Waals surface area contributed by atoms with Crippen LogP contribution >= 0.6 is 24.0 Å². The molecule has 3 rings (SSSR count). The largest absolute Gasteiger partial charge is 0.573 e. The fourth-order valence-electron chi connectivity index (χ4n) is 3.17. The van der Waals surface area contributed by atoms with Gasteiger partial charge in [0, 0.05) is 31.9 Å². The van der Waals surface area contributed by atoms with Crippen LogP contribution in [0.15, 0.2) is 53.5 Å². The van der Waals surface area contributed by atoms with Gasteiger partial charge in [0.05, 0.1) is 0 Å². The van der Waals surface area contributed by atoms with E-state index in [0.717, 1.165) is 32.5 Å². The summed E-state index contributed by atoms with van der Waals surface area (Å²) in [6.07, 6.45) is -2.76. The number of anilines is 1. The quantitative estimate of drug-likeness (QED) is 0.257. The van der Waals surface area contributed by atoms with Crippen molar-refractivity contribution >= 4 is 35.6 Å². The molecule has 0 unspecified atom stereocenters. The Hall–Kier alpha value is -2.01. The van der Waals surface area contributed by atoms with Crippen molar-refractivity contribution in [3.63, 3.8) is 0 Å². The summed E-state index contributed by atoms with van der Waals surface area (Å²) in [5.74, 6) is -0.0508.